The summed E-state index contributed by atoms with van der Waals surface area (Å²) >= 11 is 0. The molecular formula is C17H23N3O4. The number of amides is 3. The molecule has 3 rings (SSSR count). The molecule has 24 heavy (non-hydrogen) atoms. The average molecular weight is 333 g/mol. The number of hydrogen-bond acceptors (Lipinski definition) is 4. The first kappa shape index (κ1) is 16.4. The van der Waals surface area contributed by atoms with Crippen LogP contribution in [-0.4, -0.2) is 67.2 Å². The van der Waals surface area contributed by atoms with Crippen molar-refractivity contribution in [2.45, 2.75) is 19.4 Å². The van der Waals surface area contributed by atoms with E-state index in [1.807, 2.05) is 24.3 Å². The van der Waals surface area contributed by atoms with Crippen LogP contribution in [0.5, 0.6) is 11.5 Å². The van der Waals surface area contributed by atoms with E-state index in [0.29, 0.717) is 45.1 Å². The Balaban J connectivity index is 1.47. The summed E-state index contributed by atoms with van der Waals surface area (Å²) in [6, 6.07) is 7.38. The number of nitrogens with one attached hydrogen (secondary N) is 1. The van der Waals surface area contributed by atoms with Crippen LogP contribution >= 0.6 is 0 Å². The second-order valence-corrected chi connectivity index (χ2v) is 6.03. The first-order valence-corrected chi connectivity index (χ1v) is 8.30. The molecule has 7 heteroatoms. The van der Waals surface area contributed by atoms with Gasteiger partial charge in [-0.3, -0.25) is 4.79 Å². The Kier molecular flexibility index (Phi) is 5.08. The van der Waals surface area contributed by atoms with E-state index in [2.05, 4.69) is 5.32 Å². The molecule has 0 bridgehead atoms. The molecule has 0 aromatic heterocycles. The molecule has 130 valence electrons. The average Bonchev–Trinajstić information content (AvgIpc) is 2.86. The summed E-state index contributed by atoms with van der Waals surface area (Å²) in [7, 11) is 0. The number of hydrogen-bond donors (Lipinski definition) is 1. The molecule has 1 aromatic carbocycles. The van der Waals surface area contributed by atoms with Gasteiger partial charge >= 0.3 is 6.03 Å². The van der Waals surface area contributed by atoms with E-state index < -0.39 is 0 Å². The van der Waals surface area contributed by atoms with Crippen molar-refractivity contribution < 1.29 is 19.1 Å². The number of para-hydroxylation sites is 2. The molecule has 2 aliphatic rings. The van der Waals surface area contributed by atoms with Crippen LogP contribution in [0.15, 0.2) is 24.3 Å². The van der Waals surface area contributed by atoms with Crippen LogP contribution in [0, 0.1) is 0 Å². The van der Waals surface area contributed by atoms with Gasteiger partial charge in [0.25, 0.3) is 0 Å². The number of ether oxygens (including phenoxy) is 2. The van der Waals surface area contributed by atoms with Crippen molar-refractivity contribution in [1.29, 1.82) is 0 Å². The number of fused-ring (bicyclic) bond motifs is 1. The van der Waals surface area contributed by atoms with Crippen molar-refractivity contribution in [2.24, 2.45) is 0 Å². The van der Waals surface area contributed by atoms with E-state index in [9.17, 15) is 9.59 Å². The fraction of sp³-hybridized carbons (Fsp3) is 0.529. The Hall–Kier alpha value is -2.44. The molecule has 1 N–H and O–H groups in total. The number of rotatable bonds is 2. The first-order valence-electron chi connectivity index (χ1n) is 8.30. The molecule has 1 fully saturated rings. The standard InChI is InChI=1S/C17H23N3O4/c1-13(21)19-7-4-8-20(10-9-19)17(22)18-11-14-12-23-15-5-2-3-6-16(15)24-14/h2-3,5-6,14H,4,7-12H2,1H3,(H,18,22)/t14-/m1/s1. The molecule has 2 aliphatic heterocycles. The largest absolute Gasteiger partial charge is 0.486 e. The molecule has 3 amide bonds. The lowest BCUT2D eigenvalue weighted by Crippen LogP contribution is -2.47. The normalized spacial score (nSPS) is 20.3. The minimum absolute atomic E-state index is 0.0590. The maximum Gasteiger partial charge on any atom is 0.317 e. The molecule has 1 atom stereocenters. The van der Waals surface area contributed by atoms with Gasteiger partial charge in [-0.25, -0.2) is 4.79 Å². The number of urea groups is 1. The van der Waals surface area contributed by atoms with E-state index >= 15 is 0 Å². The van der Waals surface area contributed by atoms with E-state index in [0.717, 1.165) is 12.2 Å². The van der Waals surface area contributed by atoms with Crippen molar-refractivity contribution >= 4 is 11.9 Å². The quantitative estimate of drug-likeness (QED) is 0.879. The second kappa shape index (κ2) is 7.42. The zero-order chi connectivity index (χ0) is 16.9. The molecule has 0 saturated carbocycles. The molecule has 0 spiro atoms. The topological polar surface area (TPSA) is 71.1 Å². The number of benzene rings is 1. The highest BCUT2D eigenvalue weighted by atomic mass is 16.6. The van der Waals surface area contributed by atoms with E-state index in [1.165, 1.54) is 0 Å². The van der Waals surface area contributed by atoms with Gasteiger partial charge in [0.05, 0.1) is 6.54 Å². The summed E-state index contributed by atoms with van der Waals surface area (Å²) in [5.74, 6) is 1.50. The minimum Gasteiger partial charge on any atom is -0.486 e. The Labute approximate surface area is 141 Å². The van der Waals surface area contributed by atoms with Gasteiger partial charge in [0.1, 0.15) is 6.61 Å². The van der Waals surface area contributed by atoms with Crippen molar-refractivity contribution in [1.82, 2.24) is 15.1 Å². The Morgan fingerprint density at radius 2 is 1.83 bits per heavy atom. The minimum atomic E-state index is -0.204. The fourth-order valence-corrected chi connectivity index (χ4v) is 2.91. The van der Waals surface area contributed by atoms with Crippen molar-refractivity contribution in [3.8, 4) is 11.5 Å². The smallest absolute Gasteiger partial charge is 0.317 e. The molecule has 0 aliphatic carbocycles. The lowest BCUT2D eigenvalue weighted by atomic mass is 10.2. The van der Waals surface area contributed by atoms with Crippen LogP contribution in [0.3, 0.4) is 0 Å². The van der Waals surface area contributed by atoms with Gasteiger partial charge in [0.15, 0.2) is 17.6 Å². The van der Waals surface area contributed by atoms with Crippen LogP contribution in [0.25, 0.3) is 0 Å². The number of nitrogens with zero attached hydrogens (tertiary/aromatic N) is 2. The molecule has 0 radical (unpaired) electrons. The number of carbonyl (C=O) groups excluding carboxylic acids is 2. The molecule has 2 heterocycles. The molecule has 1 saturated heterocycles. The van der Waals surface area contributed by atoms with Crippen LogP contribution in [-0.2, 0) is 4.79 Å². The lowest BCUT2D eigenvalue weighted by Gasteiger charge is -2.28. The van der Waals surface area contributed by atoms with Crippen molar-refractivity contribution in [3.63, 3.8) is 0 Å². The third-order valence-corrected chi connectivity index (χ3v) is 4.28. The highest BCUT2D eigenvalue weighted by Crippen LogP contribution is 2.30. The zero-order valence-electron chi connectivity index (χ0n) is 13.9. The van der Waals surface area contributed by atoms with Gasteiger partial charge in [-0.1, -0.05) is 12.1 Å². The molecule has 0 unspecified atom stereocenters. The van der Waals surface area contributed by atoms with Gasteiger partial charge in [0.2, 0.25) is 5.91 Å². The maximum absolute atomic E-state index is 12.3. The van der Waals surface area contributed by atoms with E-state index in [-0.39, 0.29) is 18.0 Å². The monoisotopic (exact) mass is 333 g/mol. The Morgan fingerprint density at radius 1 is 1.12 bits per heavy atom. The maximum atomic E-state index is 12.3. The van der Waals surface area contributed by atoms with Gasteiger partial charge in [0, 0.05) is 33.1 Å². The van der Waals surface area contributed by atoms with Crippen molar-refractivity contribution in [2.75, 3.05) is 39.3 Å². The SMILES string of the molecule is CC(=O)N1CCCN(C(=O)NC[C@@H]2COc3ccccc3O2)CC1. The van der Waals surface area contributed by atoms with Crippen LogP contribution in [0.1, 0.15) is 13.3 Å². The third kappa shape index (κ3) is 3.90. The third-order valence-electron chi connectivity index (χ3n) is 4.28. The molecular weight excluding hydrogens is 310 g/mol. The second-order valence-electron chi connectivity index (χ2n) is 6.03. The van der Waals surface area contributed by atoms with E-state index in [1.54, 1.807) is 16.7 Å². The first-order chi connectivity index (χ1) is 11.6. The highest BCUT2D eigenvalue weighted by Gasteiger charge is 2.24. The summed E-state index contributed by atoms with van der Waals surface area (Å²) in [5, 5.41) is 2.90. The summed E-state index contributed by atoms with van der Waals surface area (Å²) in [6.45, 7) is 4.86. The fourth-order valence-electron chi connectivity index (χ4n) is 2.91. The highest BCUT2D eigenvalue weighted by molar-refractivity contribution is 5.75. The number of carbonyl (C=O) groups is 2. The predicted octanol–water partition coefficient (Wildman–Crippen LogP) is 1.09. The molecule has 1 aromatic rings. The van der Waals surface area contributed by atoms with Crippen LogP contribution in [0.2, 0.25) is 0 Å². The van der Waals surface area contributed by atoms with Crippen LogP contribution in [0.4, 0.5) is 4.79 Å². The van der Waals surface area contributed by atoms with Gasteiger partial charge < -0.3 is 24.6 Å². The predicted molar refractivity (Wildman–Crippen MR) is 88.2 cm³/mol. The Morgan fingerprint density at radius 3 is 2.62 bits per heavy atom. The van der Waals surface area contributed by atoms with Gasteiger partial charge in [-0.15, -0.1) is 0 Å². The zero-order valence-corrected chi connectivity index (χ0v) is 13.9. The summed E-state index contributed by atoms with van der Waals surface area (Å²) < 4.78 is 11.5. The van der Waals surface area contributed by atoms with E-state index in [4.69, 9.17) is 9.47 Å². The van der Waals surface area contributed by atoms with Crippen LogP contribution < -0.4 is 14.8 Å². The lowest BCUT2D eigenvalue weighted by molar-refractivity contribution is -0.128. The van der Waals surface area contributed by atoms with Crippen molar-refractivity contribution in [3.05, 3.63) is 24.3 Å². The van der Waals surface area contributed by atoms with Gasteiger partial charge in [-0.2, -0.15) is 0 Å². The Bertz CT molecular complexity index is 607. The summed E-state index contributed by atoms with van der Waals surface area (Å²) in [6.07, 6.45) is 0.591. The summed E-state index contributed by atoms with van der Waals surface area (Å²) in [5.41, 5.74) is 0. The summed E-state index contributed by atoms with van der Waals surface area (Å²) in [4.78, 5) is 27.3. The van der Waals surface area contributed by atoms with Gasteiger partial charge in [-0.05, 0) is 18.6 Å². The molecule has 7 nitrogen and oxygen atoms in total.